The van der Waals surface area contributed by atoms with Crippen LogP contribution in [0, 0.1) is 29.1 Å². The van der Waals surface area contributed by atoms with E-state index in [1.807, 2.05) is 4.90 Å². The summed E-state index contributed by atoms with van der Waals surface area (Å²) in [6.45, 7) is 2.15. The summed E-state index contributed by atoms with van der Waals surface area (Å²) in [4.78, 5) is 18.9. The van der Waals surface area contributed by atoms with Crippen LogP contribution in [-0.4, -0.2) is 66.3 Å². The Labute approximate surface area is 228 Å². The zero-order valence-corrected chi connectivity index (χ0v) is 21.3. The van der Waals surface area contributed by atoms with Crippen LogP contribution >= 0.6 is 0 Å². The van der Waals surface area contributed by atoms with E-state index >= 15 is 0 Å². The molecule has 0 bridgehead atoms. The van der Waals surface area contributed by atoms with E-state index in [4.69, 9.17) is 0 Å². The van der Waals surface area contributed by atoms with Gasteiger partial charge in [-0.15, -0.1) is 0 Å². The third-order valence-electron chi connectivity index (χ3n) is 7.06. The van der Waals surface area contributed by atoms with Gasteiger partial charge in [0.1, 0.15) is 5.82 Å². The lowest BCUT2D eigenvalue weighted by molar-refractivity contribution is -0.123. The van der Waals surface area contributed by atoms with Crippen LogP contribution < -0.4 is 4.90 Å². The monoisotopic (exact) mass is 555 g/mol. The second kappa shape index (κ2) is 11.7. The Morgan fingerprint density at radius 3 is 1.62 bits per heavy atom. The van der Waals surface area contributed by atoms with E-state index < -0.39 is 35.4 Å². The lowest BCUT2D eigenvalue weighted by Crippen LogP contribution is -2.58. The topological polar surface area (TPSA) is 47.0 Å². The van der Waals surface area contributed by atoms with E-state index in [-0.39, 0.29) is 41.2 Å². The van der Waals surface area contributed by atoms with Crippen LogP contribution in [0.2, 0.25) is 0 Å². The minimum absolute atomic E-state index is 0.0201. The summed E-state index contributed by atoms with van der Waals surface area (Å²) in [5.74, 6) is -4.89. The molecule has 2 fully saturated rings. The molecule has 0 amide bonds. The fourth-order valence-electron chi connectivity index (χ4n) is 4.93. The molecule has 3 aromatic rings. The number of halogens is 5. The maximum atomic E-state index is 13.8. The third kappa shape index (κ3) is 6.14. The van der Waals surface area contributed by atoms with Crippen LogP contribution in [0.25, 0.3) is 12.2 Å². The van der Waals surface area contributed by atoms with Crippen molar-refractivity contribution in [1.82, 2.24) is 9.80 Å². The van der Waals surface area contributed by atoms with Crippen molar-refractivity contribution in [2.24, 2.45) is 0 Å². The van der Waals surface area contributed by atoms with Crippen LogP contribution in [0.3, 0.4) is 0 Å². The zero-order valence-electron chi connectivity index (χ0n) is 21.3. The largest absolute Gasteiger partial charge is 0.369 e. The molecule has 208 valence electrons. The van der Waals surface area contributed by atoms with Gasteiger partial charge < -0.3 is 10.0 Å². The molecule has 10 heteroatoms. The average Bonchev–Trinajstić information content (AvgIpc) is 2.95. The molecular formula is C30H26F5N3O2. The molecule has 0 spiro atoms. The second-order valence-electron chi connectivity index (χ2n) is 9.77. The van der Waals surface area contributed by atoms with Gasteiger partial charge in [-0.1, -0.05) is 12.1 Å². The SMILES string of the molecule is O=C1/C(=C/c2ccc(F)c(F)c2)CN(C(O)N2CCN(c3ccc(F)cc3)CC2)C/C1=C\c1ccc(F)c(F)c1. The van der Waals surface area contributed by atoms with Gasteiger partial charge >= 0.3 is 0 Å². The van der Waals surface area contributed by atoms with Crippen molar-refractivity contribution in [1.29, 1.82) is 0 Å². The van der Waals surface area contributed by atoms with Crippen molar-refractivity contribution >= 4 is 23.6 Å². The highest BCUT2D eigenvalue weighted by atomic mass is 19.2. The van der Waals surface area contributed by atoms with E-state index in [0.29, 0.717) is 26.2 Å². The van der Waals surface area contributed by atoms with Gasteiger partial charge in [-0.25, -0.2) is 22.0 Å². The fraction of sp³-hybridized carbons (Fsp3) is 0.233. The van der Waals surface area contributed by atoms with E-state index in [1.54, 1.807) is 17.0 Å². The van der Waals surface area contributed by atoms with Gasteiger partial charge in [0.25, 0.3) is 0 Å². The Kier molecular flexibility index (Phi) is 8.11. The molecule has 0 saturated carbocycles. The summed E-state index contributed by atoms with van der Waals surface area (Å²) < 4.78 is 67.9. The quantitative estimate of drug-likeness (QED) is 0.361. The highest BCUT2D eigenvalue weighted by Gasteiger charge is 2.34. The number of anilines is 1. The van der Waals surface area contributed by atoms with Gasteiger partial charge in [0, 0.05) is 56.1 Å². The average molecular weight is 556 g/mol. The number of likely N-dealkylation sites (tertiary alicyclic amines) is 1. The molecule has 2 saturated heterocycles. The molecule has 2 aliphatic heterocycles. The van der Waals surface area contributed by atoms with Gasteiger partial charge in [0.05, 0.1) is 0 Å². The minimum atomic E-state index is -1.09. The van der Waals surface area contributed by atoms with Crippen molar-refractivity contribution in [2.45, 2.75) is 6.35 Å². The van der Waals surface area contributed by atoms with E-state index in [0.717, 1.165) is 30.0 Å². The van der Waals surface area contributed by atoms with Crippen LogP contribution in [0.5, 0.6) is 0 Å². The summed E-state index contributed by atoms with van der Waals surface area (Å²) >= 11 is 0. The number of aliphatic hydroxyl groups is 1. The normalized spacial score (nSPS) is 19.9. The number of piperidine rings is 1. The number of piperazine rings is 1. The predicted octanol–water partition coefficient (Wildman–Crippen LogP) is 4.83. The van der Waals surface area contributed by atoms with E-state index in [2.05, 4.69) is 4.90 Å². The molecule has 0 aliphatic carbocycles. The number of Topliss-reactive ketones (excluding diaryl/α,β-unsaturated/α-hetero) is 1. The molecule has 0 aromatic heterocycles. The number of carbonyl (C=O) groups is 1. The van der Waals surface area contributed by atoms with Crippen LogP contribution in [-0.2, 0) is 4.79 Å². The number of benzene rings is 3. The number of hydrogen-bond donors (Lipinski definition) is 1. The molecule has 2 aliphatic rings. The summed E-state index contributed by atoms with van der Waals surface area (Å²) in [6.07, 6.45) is 1.76. The number of aliphatic hydroxyl groups excluding tert-OH is 1. The van der Waals surface area contributed by atoms with Crippen molar-refractivity contribution in [2.75, 3.05) is 44.2 Å². The molecule has 3 aromatic carbocycles. The fourth-order valence-corrected chi connectivity index (χ4v) is 4.93. The lowest BCUT2D eigenvalue weighted by Gasteiger charge is -2.43. The van der Waals surface area contributed by atoms with Crippen LogP contribution in [0.4, 0.5) is 27.6 Å². The van der Waals surface area contributed by atoms with Gasteiger partial charge in [-0.05, 0) is 71.8 Å². The first-order valence-electron chi connectivity index (χ1n) is 12.7. The maximum absolute atomic E-state index is 13.8. The van der Waals surface area contributed by atoms with Gasteiger partial charge in [-0.2, -0.15) is 0 Å². The van der Waals surface area contributed by atoms with Crippen molar-refractivity contribution in [3.63, 3.8) is 0 Å². The molecule has 40 heavy (non-hydrogen) atoms. The van der Waals surface area contributed by atoms with Crippen molar-refractivity contribution in [3.05, 3.63) is 112 Å². The Morgan fingerprint density at radius 1 is 0.650 bits per heavy atom. The first-order chi connectivity index (χ1) is 19.2. The number of hydrogen-bond acceptors (Lipinski definition) is 5. The number of rotatable bonds is 5. The number of carbonyl (C=O) groups excluding carboxylic acids is 1. The molecule has 1 N–H and O–H groups in total. The molecule has 2 heterocycles. The van der Waals surface area contributed by atoms with Gasteiger partial charge in [0.2, 0.25) is 0 Å². The Balaban J connectivity index is 1.39. The number of ketones is 1. The summed E-state index contributed by atoms with van der Waals surface area (Å²) in [6, 6.07) is 12.7. The number of nitrogens with zero attached hydrogens (tertiary/aromatic N) is 3. The summed E-state index contributed by atoms with van der Waals surface area (Å²) in [5.41, 5.74) is 1.83. The predicted molar refractivity (Wildman–Crippen MR) is 141 cm³/mol. The molecule has 1 unspecified atom stereocenters. The van der Waals surface area contributed by atoms with Gasteiger partial charge in [-0.3, -0.25) is 14.6 Å². The summed E-state index contributed by atoms with van der Waals surface area (Å²) in [5, 5.41) is 11.3. The van der Waals surface area contributed by atoms with E-state index in [9.17, 15) is 31.9 Å². The minimum Gasteiger partial charge on any atom is -0.369 e. The molecule has 0 radical (unpaired) electrons. The Bertz CT molecular complexity index is 1390. The Morgan fingerprint density at radius 2 is 1.15 bits per heavy atom. The summed E-state index contributed by atoms with van der Waals surface area (Å²) in [7, 11) is 0. The highest BCUT2D eigenvalue weighted by Crippen LogP contribution is 2.26. The molecule has 1 atom stereocenters. The maximum Gasteiger partial charge on any atom is 0.187 e. The van der Waals surface area contributed by atoms with Gasteiger partial charge in [0.15, 0.2) is 35.4 Å². The van der Waals surface area contributed by atoms with Crippen LogP contribution in [0.15, 0.2) is 71.8 Å². The first-order valence-corrected chi connectivity index (χ1v) is 12.7. The first kappa shape index (κ1) is 27.7. The molecule has 5 nitrogen and oxygen atoms in total. The van der Waals surface area contributed by atoms with Crippen molar-refractivity contribution in [3.8, 4) is 0 Å². The molecular weight excluding hydrogens is 529 g/mol. The Hall–Kier alpha value is -3.86. The van der Waals surface area contributed by atoms with Crippen LogP contribution in [0.1, 0.15) is 11.1 Å². The second-order valence-corrected chi connectivity index (χ2v) is 9.77. The lowest BCUT2D eigenvalue weighted by atomic mass is 9.94. The third-order valence-corrected chi connectivity index (χ3v) is 7.06. The smallest absolute Gasteiger partial charge is 0.187 e. The van der Waals surface area contributed by atoms with Crippen molar-refractivity contribution < 1.29 is 31.9 Å². The highest BCUT2D eigenvalue weighted by molar-refractivity contribution is 6.14. The van der Waals surface area contributed by atoms with E-state index in [1.165, 1.54) is 36.4 Å². The zero-order chi connectivity index (χ0) is 28.4. The molecule has 5 rings (SSSR count). The standard InChI is InChI=1S/C30H26F5N3O2/c31-23-3-5-24(6-4-23)36-9-11-37(12-10-36)30(40)38-17-21(13-19-1-7-25(32)27(34)15-19)29(39)22(18-38)14-20-2-8-26(33)28(35)16-20/h1-8,13-16,30,40H,9-12,17-18H2/b21-13+,22-14+.